The normalized spacial score (nSPS) is 11.7. The average Bonchev–Trinajstić information content (AvgIpc) is 2.83. The van der Waals surface area contributed by atoms with Crippen LogP contribution in [0.2, 0.25) is 0 Å². The summed E-state index contributed by atoms with van der Waals surface area (Å²) in [5.41, 5.74) is 6.94. The van der Waals surface area contributed by atoms with E-state index in [4.69, 9.17) is 5.73 Å². The fourth-order valence-electron chi connectivity index (χ4n) is 1.55. The molecule has 0 aliphatic carbocycles. The van der Waals surface area contributed by atoms with E-state index in [1.165, 1.54) is 24.3 Å². The Morgan fingerprint density at radius 3 is 2.52 bits per heavy atom. The van der Waals surface area contributed by atoms with Gasteiger partial charge in [-0.05, 0) is 24.3 Å². The highest BCUT2D eigenvalue weighted by Crippen LogP contribution is 2.23. The first kappa shape index (κ1) is 19.0. The Balaban J connectivity index is 0.00000264. The summed E-state index contributed by atoms with van der Waals surface area (Å²) in [6.45, 7) is 0.275. The second-order valence-electron chi connectivity index (χ2n) is 4.25. The summed E-state index contributed by atoms with van der Waals surface area (Å²) in [7, 11) is 1.72. The van der Waals surface area contributed by atoms with Crippen LogP contribution in [0.25, 0.3) is 0 Å². The lowest BCUT2D eigenvalue weighted by Gasteiger charge is -2.10. The molecule has 0 radical (unpaired) electrons. The van der Waals surface area contributed by atoms with Gasteiger partial charge in [-0.15, -0.1) is 42.2 Å². The van der Waals surface area contributed by atoms with E-state index < -0.39 is 6.36 Å². The van der Waals surface area contributed by atoms with Crippen molar-refractivity contribution >= 4 is 35.6 Å². The summed E-state index contributed by atoms with van der Waals surface area (Å²) >= 11 is 0. The van der Waals surface area contributed by atoms with Gasteiger partial charge in [-0.3, -0.25) is 4.68 Å². The minimum atomic E-state index is -4.72. The number of aryl methyl sites for hydroxylation is 1. The maximum atomic E-state index is 12.0. The minimum absolute atomic E-state index is 0. The van der Waals surface area contributed by atoms with Gasteiger partial charge in [0.1, 0.15) is 5.75 Å². The summed E-state index contributed by atoms with van der Waals surface area (Å²) < 4.78 is 41.4. The molecule has 0 spiro atoms. The SMILES string of the molecule is Cn1nncc1CN=C(N)Nc1ccc(OC(F)(F)F)cc1.I. The molecule has 0 saturated heterocycles. The summed E-state index contributed by atoms with van der Waals surface area (Å²) in [6, 6.07) is 5.15. The Bertz CT molecular complexity index is 656. The first-order valence-electron chi connectivity index (χ1n) is 6.10. The molecule has 1 aromatic heterocycles. The molecule has 0 aliphatic rings. The van der Waals surface area contributed by atoms with Gasteiger partial charge in [0.15, 0.2) is 5.96 Å². The van der Waals surface area contributed by atoms with Crippen molar-refractivity contribution in [2.45, 2.75) is 12.9 Å². The van der Waals surface area contributed by atoms with Crippen LogP contribution in [0, 0.1) is 0 Å². The summed E-state index contributed by atoms with van der Waals surface area (Å²) in [5, 5.41) is 10.2. The number of nitrogens with zero attached hydrogens (tertiary/aromatic N) is 4. The summed E-state index contributed by atoms with van der Waals surface area (Å²) in [5.74, 6) is -0.194. The zero-order valence-electron chi connectivity index (χ0n) is 11.9. The maximum Gasteiger partial charge on any atom is 0.573 e. The zero-order chi connectivity index (χ0) is 16.2. The Kier molecular flexibility index (Phi) is 6.60. The van der Waals surface area contributed by atoms with E-state index in [2.05, 4.69) is 25.4 Å². The minimum Gasteiger partial charge on any atom is -0.406 e. The predicted octanol–water partition coefficient (Wildman–Crippen LogP) is 2.26. The lowest BCUT2D eigenvalue weighted by atomic mass is 10.3. The quantitative estimate of drug-likeness (QED) is 0.431. The topological polar surface area (TPSA) is 90.4 Å². The number of benzene rings is 1. The van der Waals surface area contributed by atoms with Crippen LogP contribution in [0.1, 0.15) is 5.69 Å². The van der Waals surface area contributed by atoms with Gasteiger partial charge >= 0.3 is 6.36 Å². The van der Waals surface area contributed by atoms with E-state index in [1.54, 1.807) is 17.9 Å². The molecule has 1 aromatic carbocycles. The monoisotopic (exact) mass is 442 g/mol. The number of nitrogens with one attached hydrogen (secondary N) is 1. The van der Waals surface area contributed by atoms with Gasteiger partial charge in [-0.2, -0.15) is 0 Å². The van der Waals surface area contributed by atoms with Gasteiger partial charge < -0.3 is 15.8 Å². The van der Waals surface area contributed by atoms with E-state index in [1.807, 2.05) is 0 Å². The molecule has 1 heterocycles. The number of ether oxygens (including phenoxy) is 1. The zero-order valence-corrected chi connectivity index (χ0v) is 14.2. The van der Waals surface area contributed by atoms with Gasteiger partial charge in [0.25, 0.3) is 0 Å². The fraction of sp³-hybridized carbons (Fsp3) is 0.250. The number of alkyl halides is 3. The highest BCUT2D eigenvalue weighted by Gasteiger charge is 2.30. The van der Waals surface area contributed by atoms with E-state index >= 15 is 0 Å². The molecule has 11 heteroatoms. The van der Waals surface area contributed by atoms with Crippen molar-refractivity contribution < 1.29 is 17.9 Å². The van der Waals surface area contributed by atoms with Gasteiger partial charge in [-0.25, -0.2) is 4.99 Å². The van der Waals surface area contributed by atoms with Gasteiger partial charge in [0.05, 0.1) is 18.4 Å². The second-order valence-corrected chi connectivity index (χ2v) is 4.25. The van der Waals surface area contributed by atoms with Gasteiger partial charge in [0.2, 0.25) is 0 Å². The van der Waals surface area contributed by atoms with Gasteiger partial charge in [0, 0.05) is 12.7 Å². The molecule has 0 bridgehead atoms. The molecule has 0 amide bonds. The fourth-order valence-corrected chi connectivity index (χ4v) is 1.55. The highest BCUT2D eigenvalue weighted by atomic mass is 127. The molecule has 0 unspecified atom stereocenters. The lowest BCUT2D eigenvalue weighted by molar-refractivity contribution is -0.274. The third-order valence-electron chi connectivity index (χ3n) is 2.58. The van der Waals surface area contributed by atoms with Crippen LogP contribution in [0.15, 0.2) is 35.5 Å². The standard InChI is InChI=1S/C12H13F3N6O.HI/c1-21-9(7-18-20-21)6-17-11(16)19-8-2-4-10(5-3-8)22-12(13,14)15;/h2-5,7H,6H2,1H3,(H3,16,17,19);1H. The molecule has 0 atom stereocenters. The Morgan fingerprint density at radius 1 is 1.35 bits per heavy atom. The van der Waals surface area contributed by atoms with Crippen molar-refractivity contribution in [2.75, 3.05) is 5.32 Å². The van der Waals surface area contributed by atoms with Crippen molar-refractivity contribution in [3.63, 3.8) is 0 Å². The van der Waals surface area contributed by atoms with Crippen molar-refractivity contribution in [1.29, 1.82) is 0 Å². The number of aromatic nitrogens is 3. The third-order valence-corrected chi connectivity index (χ3v) is 2.58. The summed E-state index contributed by atoms with van der Waals surface area (Å²) in [4.78, 5) is 4.08. The molecule has 0 fully saturated rings. The van der Waals surface area contributed by atoms with Crippen molar-refractivity contribution in [3.05, 3.63) is 36.2 Å². The largest absolute Gasteiger partial charge is 0.573 e. The smallest absolute Gasteiger partial charge is 0.406 e. The lowest BCUT2D eigenvalue weighted by Crippen LogP contribution is -2.22. The van der Waals surface area contributed by atoms with E-state index in [-0.39, 0.29) is 42.2 Å². The highest BCUT2D eigenvalue weighted by molar-refractivity contribution is 14.0. The van der Waals surface area contributed by atoms with E-state index in [0.717, 1.165) is 5.69 Å². The van der Waals surface area contributed by atoms with E-state index in [0.29, 0.717) is 5.69 Å². The average molecular weight is 442 g/mol. The van der Waals surface area contributed by atoms with Crippen LogP contribution in [-0.4, -0.2) is 27.3 Å². The number of anilines is 1. The first-order chi connectivity index (χ1) is 10.3. The molecule has 2 aromatic rings. The third kappa shape index (κ3) is 6.30. The van der Waals surface area contributed by atoms with Crippen molar-refractivity contribution in [2.24, 2.45) is 17.8 Å². The van der Waals surface area contributed by atoms with Crippen LogP contribution in [0.5, 0.6) is 5.75 Å². The molecule has 126 valence electrons. The van der Waals surface area contributed by atoms with Crippen LogP contribution < -0.4 is 15.8 Å². The predicted molar refractivity (Wildman–Crippen MR) is 88.5 cm³/mol. The molecule has 0 aliphatic heterocycles. The molecule has 7 nitrogen and oxygen atoms in total. The molecule has 3 N–H and O–H groups in total. The number of aliphatic imine (C=N–C) groups is 1. The number of nitrogens with two attached hydrogens (primary N) is 1. The number of hydrogen-bond acceptors (Lipinski definition) is 4. The maximum absolute atomic E-state index is 12.0. The molecule has 23 heavy (non-hydrogen) atoms. The van der Waals surface area contributed by atoms with Crippen LogP contribution in [-0.2, 0) is 13.6 Å². The van der Waals surface area contributed by atoms with Crippen LogP contribution in [0.3, 0.4) is 0 Å². The molecule has 2 rings (SSSR count). The van der Waals surface area contributed by atoms with Crippen LogP contribution >= 0.6 is 24.0 Å². The Labute approximate surface area is 146 Å². The van der Waals surface area contributed by atoms with Gasteiger partial charge in [-0.1, -0.05) is 5.21 Å². The number of halogens is 4. The Morgan fingerprint density at radius 2 is 2.00 bits per heavy atom. The second kappa shape index (κ2) is 7.99. The molecular formula is C12H14F3IN6O. The molecule has 0 saturated carbocycles. The Hall–Kier alpha value is -2.05. The number of guanidine groups is 1. The first-order valence-corrected chi connectivity index (χ1v) is 6.10. The number of hydrogen-bond donors (Lipinski definition) is 2. The van der Waals surface area contributed by atoms with Crippen LogP contribution in [0.4, 0.5) is 18.9 Å². The molecular weight excluding hydrogens is 428 g/mol. The number of rotatable bonds is 4. The van der Waals surface area contributed by atoms with Crippen molar-refractivity contribution in [1.82, 2.24) is 15.0 Å². The summed E-state index contributed by atoms with van der Waals surface area (Å²) in [6.07, 6.45) is -3.16. The van der Waals surface area contributed by atoms with Crippen molar-refractivity contribution in [3.8, 4) is 5.75 Å². The van der Waals surface area contributed by atoms with E-state index in [9.17, 15) is 13.2 Å².